The van der Waals surface area contributed by atoms with Crippen LogP contribution in [0.2, 0.25) is 0 Å². The summed E-state index contributed by atoms with van der Waals surface area (Å²) >= 11 is 0. The number of rotatable bonds is 10. The zero-order valence-corrected chi connectivity index (χ0v) is 19.4. The van der Waals surface area contributed by atoms with Crippen LogP contribution < -0.4 is 14.8 Å². The summed E-state index contributed by atoms with van der Waals surface area (Å²) in [5.41, 5.74) is 0.223. The van der Waals surface area contributed by atoms with E-state index in [1.807, 2.05) is 0 Å². The Bertz CT molecular complexity index is 1230. The third kappa shape index (κ3) is 6.38. The average Bonchev–Trinajstić information content (AvgIpc) is 2.91. The predicted molar refractivity (Wildman–Crippen MR) is 127 cm³/mol. The molecule has 3 rings (SSSR count). The highest BCUT2D eigenvalue weighted by Gasteiger charge is 2.41. The molecule has 0 fully saturated rings. The van der Waals surface area contributed by atoms with E-state index in [1.54, 1.807) is 42.5 Å². The SMILES string of the molecule is COc1ccc(OC)c(NC(=O)[C@@H](OC(=O)c2ccccc2)[C@H](OC(=O)c2ccccc2)C(=O)O)c1. The molecule has 0 saturated heterocycles. The van der Waals surface area contributed by atoms with Crippen LogP contribution >= 0.6 is 0 Å². The van der Waals surface area contributed by atoms with Crippen molar-refractivity contribution in [1.29, 1.82) is 0 Å². The third-order valence-corrected chi connectivity index (χ3v) is 4.93. The van der Waals surface area contributed by atoms with Crippen LogP contribution in [-0.4, -0.2) is 55.3 Å². The molecule has 186 valence electrons. The molecule has 0 radical (unpaired) electrons. The van der Waals surface area contributed by atoms with E-state index >= 15 is 0 Å². The van der Waals surface area contributed by atoms with Crippen LogP contribution in [0.25, 0.3) is 0 Å². The second-order valence-corrected chi connectivity index (χ2v) is 7.28. The second kappa shape index (κ2) is 12.0. The number of carboxylic acids is 1. The standard InChI is InChI=1S/C26H23NO9/c1-33-18-13-14-20(34-2)19(15-18)27-23(28)21(35-25(31)16-9-5-3-6-10-16)22(24(29)30)36-26(32)17-11-7-4-8-12-17/h3-15,21-22H,1-2H3,(H,27,28)(H,29,30)/t21-,22-/m0/s1. The number of esters is 2. The van der Waals surface area contributed by atoms with Crippen LogP contribution in [0.3, 0.4) is 0 Å². The van der Waals surface area contributed by atoms with Crippen LogP contribution in [0.4, 0.5) is 5.69 Å². The summed E-state index contributed by atoms with van der Waals surface area (Å²) in [4.78, 5) is 50.7. The van der Waals surface area contributed by atoms with Crippen LogP contribution in [0.15, 0.2) is 78.9 Å². The zero-order chi connectivity index (χ0) is 26.1. The first-order chi connectivity index (χ1) is 17.3. The lowest BCUT2D eigenvalue weighted by Crippen LogP contribution is -2.48. The number of ether oxygens (including phenoxy) is 4. The van der Waals surface area contributed by atoms with Crippen LogP contribution in [0.5, 0.6) is 11.5 Å². The summed E-state index contributed by atoms with van der Waals surface area (Å²) in [6, 6.07) is 19.8. The largest absolute Gasteiger partial charge is 0.497 e. The summed E-state index contributed by atoms with van der Waals surface area (Å²) in [5.74, 6) is -4.18. The molecule has 0 bridgehead atoms. The van der Waals surface area contributed by atoms with Gasteiger partial charge >= 0.3 is 17.9 Å². The molecule has 0 aliphatic rings. The van der Waals surface area contributed by atoms with E-state index in [4.69, 9.17) is 18.9 Å². The van der Waals surface area contributed by atoms with E-state index in [9.17, 15) is 24.3 Å². The molecule has 10 nitrogen and oxygen atoms in total. The molecule has 3 aromatic rings. The van der Waals surface area contributed by atoms with Gasteiger partial charge in [-0.25, -0.2) is 14.4 Å². The van der Waals surface area contributed by atoms with E-state index in [0.717, 1.165) is 0 Å². The van der Waals surface area contributed by atoms with Crippen molar-refractivity contribution >= 4 is 29.5 Å². The number of carboxylic acid groups (broad SMARTS) is 1. The summed E-state index contributed by atoms with van der Waals surface area (Å²) in [6.07, 6.45) is -4.22. The highest BCUT2D eigenvalue weighted by molar-refractivity contribution is 6.02. The lowest BCUT2D eigenvalue weighted by atomic mass is 10.1. The number of benzene rings is 3. The fourth-order valence-electron chi connectivity index (χ4n) is 3.13. The van der Waals surface area contributed by atoms with Gasteiger partial charge in [-0.15, -0.1) is 0 Å². The molecule has 3 aromatic carbocycles. The second-order valence-electron chi connectivity index (χ2n) is 7.28. The summed E-state index contributed by atoms with van der Waals surface area (Å²) in [5, 5.41) is 12.3. The van der Waals surface area contributed by atoms with Gasteiger partial charge in [-0.1, -0.05) is 36.4 Å². The summed E-state index contributed by atoms with van der Waals surface area (Å²) in [7, 11) is 2.79. The smallest absolute Gasteiger partial charge is 0.349 e. The van der Waals surface area contributed by atoms with Gasteiger partial charge in [0.05, 0.1) is 31.0 Å². The number of hydrogen-bond acceptors (Lipinski definition) is 8. The molecule has 0 aliphatic carbocycles. The molecule has 1 amide bonds. The molecule has 0 aliphatic heterocycles. The lowest BCUT2D eigenvalue weighted by Gasteiger charge is -2.24. The van der Waals surface area contributed by atoms with E-state index in [2.05, 4.69) is 5.32 Å². The van der Waals surface area contributed by atoms with Crippen molar-refractivity contribution in [2.45, 2.75) is 12.2 Å². The van der Waals surface area contributed by atoms with Gasteiger partial charge < -0.3 is 29.4 Å². The van der Waals surface area contributed by atoms with E-state index in [0.29, 0.717) is 5.75 Å². The Kier molecular flexibility index (Phi) is 8.60. The van der Waals surface area contributed by atoms with Gasteiger partial charge in [0.25, 0.3) is 5.91 Å². The molecular formula is C26H23NO9. The van der Waals surface area contributed by atoms with Gasteiger partial charge in [0.15, 0.2) is 0 Å². The Balaban J connectivity index is 1.95. The number of amides is 1. The summed E-state index contributed by atoms with van der Waals surface area (Å²) < 4.78 is 20.8. The minimum Gasteiger partial charge on any atom is -0.497 e. The number of aliphatic carboxylic acids is 1. The monoisotopic (exact) mass is 493 g/mol. The van der Waals surface area contributed by atoms with Crippen molar-refractivity contribution in [3.63, 3.8) is 0 Å². The van der Waals surface area contributed by atoms with E-state index < -0.39 is 36.0 Å². The number of carbonyl (C=O) groups excluding carboxylic acids is 3. The van der Waals surface area contributed by atoms with Crippen LogP contribution in [0.1, 0.15) is 20.7 Å². The van der Waals surface area contributed by atoms with Crippen molar-refractivity contribution in [2.24, 2.45) is 0 Å². The van der Waals surface area contributed by atoms with Crippen molar-refractivity contribution in [3.8, 4) is 11.5 Å². The Hall–Kier alpha value is -4.86. The van der Waals surface area contributed by atoms with Crippen molar-refractivity contribution < 1.29 is 43.2 Å². The molecule has 36 heavy (non-hydrogen) atoms. The number of carbonyl (C=O) groups is 4. The molecule has 2 N–H and O–H groups in total. The molecular weight excluding hydrogens is 470 g/mol. The highest BCUT2D eigenvalue weighted by atomic mass is 16.6. The number of nitrogens with one attached hydrogen (secondary N) is 1. The first-order valence-electron chi connectivity index (χ1n) is 10.6. The number of anilines is 1. The quantitative estimate of drug-likeness (QED) is 0.408. The minimum atomic E-state index is -2.16. The van der Waals surface area contributed by atoms with E-state index in [1.165, 1.54) is 50.6 Å². The van der Waals surface area contributed by atoms with Gasteiger partial charge in [-0.3, -0.25) is 4.79 Å². The minimum absolute atomic E-state index is 0.0479. The van der Waals surface area contributed by atoms with E-state index in [-0.39, 0.29) is 22.6 Å². The Morgan fingerprint density at radius 2 is 1.25 bits per heavy atom. The zero-order valence-electron chi connectivity index (χ0n) is 19.4. The normalized spacial score (nSPS) is 11.9. The topological polar surface area (TPSA) is 137 Å². The predicted octanol–water partition coefficient (Wildman–Crippen LogP) is 3.18. The van der Waals surface area contributed by atoms with Gasteiger partial charge in [0, 0.05) is 6.07 Å². The maximum atomic E-state index is 13.3. The van der Waals surface area contributed by atoms with Gasteiger partial charge in [0.2, 0.25) is 12.2 Å². The van der Waals surface area contributed by atoms with Gasteiger partial charge in [-0.2, -0.15) is 0 Å². The Labute approximate surface area is 206 Å². The van der Waals surface area contributed by atoms with Gasteiger partial charge in [0.1, 0.15) is 11.5 Å². The first-order valence-corrected chi connectivity index (χ1v) is 10.6. The molecule has 10 heteroatoms. The average molecular weight is 493 g/mol. The number of hydrogen-bond donors (Lipinski definition) is 2. The third-order valence-electron chi connectivity index (χ3n) is 4.93. The molecule has 0 unspecified atom stereocenters. The van der Waals surface area contributed by atoms with Crippen molar-refractivity contribution in [1.82, 2.24) is 0 Å². The van der Waals surface area contributed by atoms with Crippen LogP contribution in [-0.2, 0) is 19.1 Å². The number of methoxy groups -OCH3 is 2. The van der Waals surface area contributed by atoms with Crippen LogP contribution in [0, 0.1) is 0 Å². The molecule has 2 atom stereocenters. The Morgan fingerprint density at radius 1 is 0.722 bits per heavy atom. The fourth-order valence-corrected chi connectivity index (χ4v) is 3.13. The molecule has 0 heterocycles. The first kappa shape index (κ1) is 25.8. The van der Waals surface area contributed by atoms with Crippen molar-refractivity contribution in [3.05, 3.63) is 90.0 Å². The lowest BCUT2D eigenvalue weighted by molar-refractivity contribution is -0.157. The van der Waals surface area contributed by atoms with Gasteiger partial charge in [-0.05, 0) is 36.4 Å². The molecule has 0 saturated carbocycles. The highest BCUT2D eigenvalue weighted by Crippen LogP contribution is 2.29. The maximum Gasteiger partial charge on any atom is 0.349 e. The maximum absolute atomic E-state index is 13.3. The Morgan fingerprint density at radius 3 is 1.72 bits per heavy atom. The fraction of sp³-hybridized carbons (Fsp3) is 0.154. The summed E-state index contributed by atoms with van der Waals surface area (Å²) in [6.45, 7) is 0. The molecule has 0 spiro atoms. The molecule has 0 aromatic heterocycles. The van der Waals surface area contributed by atoms with Crippen molar-refractivity contribution in [2.75, 3.05) is 19.5 Å².